The minimum Gasteiger partial charge on any atom is -0.465 e. The summed E-state index contributed by atoms with van der Waals surface area (Å²) in [6, 6.07) is 0. The fourth-order valence-electron chi connectivity index (χ4n) is 0.249. The predicted molar refractivity (Wildman–Crippen MR) is 30.1 cm³/mol. The molecular weight excluding hydrogens is 104 g/mol. The van der Waals surface area contributed by atoms with Gasteiger partial charge in [0.25, 0.3) is 0 Å². The average Bonchev–Trinajstić information content (AvgIpc) is 1.61. The Morgan fingerprint density at radius 3 is 2.38 bits per heavy atom. The fourth-order valence-corrected chi connectivity index (χ4v) is 0.249. The van der Waals surface area contributed by atoms with Crippen LogP contribution < -0.4 is 0 Å². The first kappa shape index (κ1) is 7.47. The average molecular weight is 114 g/mol. The Hall–Kier alpha value is -0.530. The summed E-state index contributed by atoms with van der Waals surface area (Å²) in [5.74, 6) is -0.332. The molecule has 0 aromatic heterocycles. The quantitative estimate of drug-likeness (QED) is 0.498. The third-order valence-electron chi connectivity index (χ3n) is 0.559. The Morgan fingerprint density at radius 1 is 1.75 bits per heavy atom. The zero-order valence-corrected chi connectivity index (χ0v) is 5.18. The first-order chi connectivity index (χ1) is 3.63. The Bertz CT molecular complexity index is 76.6. The van der Waals surface area contributed by atoms with Crippen molar-refractivity contribution in [1.29, 1.82) is 0 Å². The van der Waals surface area contributed by atoms with Gasteiger partial charge in [-0.05, 0) is 5.92 Å². The van der Waals surface area contributed by atoms with E-state index < -0.39 is 5.97 Å². The van der Waals surface area contributed by atoms with E-state index in [2.05, 4.69) is 11.7 Å². The van der Waals surface area contributed by atoms with Gasteiger partial charge in [-0.2, -0.15) is 0 Å². The molecule has 0 amide bonds. The number of hydrogen-bond acceptors (Lipinski definition) is 2. The molecule has 0 aromatic carbocycles. The largest absolute Gasteiger partial charge is 0.465 e. The molecule has 0 unspecified atom stereocenters. The van der Waals surface area contributed by atoms with E-state index >= 15 is 0 Å². The zero-order chi connectivity index (χ0) is 6.57. The van der Waals surface area contributed by atoms with Crippen LogP contribution in [0.5, 0.6) is 0 Å². The van der Waals surface area contributed by atoms with Crippen LogP contribution in [-0.2, 0) is 9.53 Å². The van der Waals surface area contributed by atoms with E-state index in [1.807, 2.05) is 13.8 Å². The van der Waals surface area contributed by atoms with Gasteiger partial charge < -0.3 is 4.74 Å². The fraction of sp³-hybridized carbons (Fsp3) is 0.667. The number of hydrogen-bond donors (Lipinski definition) is 0. The smallest absolute Gasteiger partial charge is 0.310 e. The van der Waals surface area contributed by atoms with Crippen LogP contribution in [0.3, 0.4) is 0 Å². The van der Waals surface area contributed by atoms with E-state index in [1.54, 1.807) is 0 Å². The van der Waals surface area contributed by atoms with Crippen molar-refractivity contribution in [3.05, 3.63) is 6.92 Å². The molecule has 46 valence electrons. The maximum Gasteiger partial charge on any atom is 0.310 e. The molecule has 0 saturated heterocycles. The van der Waals surface area contributed by atoms with Crippen LogP contribution in [0.25, 0.3) is 0 Å². The Morgan fingerprint density at radius 2 is 2.25 bits per heavy atom. The molecule has 8 heavy (non-hydrogen) atoms. The molecule has 0 aliphatic rings. The third-order valence-corrected chi connectivity index (χ3v) is 0.559. The highest BCUT2D eigenvalue weighted by Gasteiger charge is 1.95. The molecule has 0 saturated carbocycles. The highest BCUT2D eigenvalue weighted by atomic mass is 16.5. The predicted octanol–water partition coefficient (Wildman–Crippen LogP) is 0.897. The van der Waals surface area contributed by atoms with Gasteiger partial charge in [-0.15, -0.1) is 0 Å². The molecule has 0 heterocycles. The van der Waals surface area contributed by atoms with Crippen molar-refractivity contribution in [2.24, 2.45) is 5.92 Å². The van der Waals surface area contributed by atoms with Crippen molar-refractivity contribution >= 4 is 5.97 Å². The maximum atomic E-state index is 9.90. The number of carbonyl (C=O) groups is 1. The highest BCUT2D eigenvalue weighted by molar-refractivity contribution is 5.73. The summed E-state index contributed by atoms with van der Waals surface area (Å²) in [6.07, 6.45) is 0. The van der Waals surface area contributed by atoms with Crippen molar-refractivity contribution < 1.29 is 9.53 Å². The maximum absolute atomic E-state index is 9.90. The number of esters is 1. The molecule has 0 aromatic rings. The molecule has 0 rings (SSSR count). The van der Waals surface area contributed by atoms with Gasteiger partial charge in [0.15, 0.2) is 0 Å². The van der Waals surface area contributed by atoms with Gasteiger partial charge in [0.1, 0.15) is 0 Å². The van der Waals surface area contributed by atoms with Crippen molar-refractivity contribution in [2.75, 3.05) is 6.61 Å². The normalized spacial score (nSPS) is 9.50. The minimum absolute atomic E-state index is 0.363. The topological polar surface area (TPSA) is 26.3 Å². The molecule has 2 radical (unpaired) electrons. The van der Waals surface area contributed by atoms with Crippen LogP contribution in [0.4, 0.5) is 0 Å². The van der Waals surface area contributed by atoms with E-state index in [4.69, 9.17) is 0 Å². The second kappa shape index (κ2) is 3.47. The van der Waals surface area contributed by atoms with Crippen molar-refractivity contribution in [3.8, 4) is 0 Å². The first-order valence-corrected chi connectivity index (χ1v) is 2.55. The van der Waals surface area contributed by atoms with Gasteiger partial charge in [-0.25, -0.2) is 0 Å². The van der Waals surface area contributed by atoms with Crippen LogP contribution in [0, 0.1) is 12.8 Å². The van der Waals surface area contributed by atoms with E-state index in [0.29, 0.717) is 12.5 Å². The molecule has 2 nitrogen and oxygen atoms in total. The van der Waals surface area contributed by atoms with Crippen LogP contribution in [0.15, 0.2) is 0 Å². The van der Waals surface area contributed by atoms with E-state index in [9.17, 15) is 4.79 Å². The van der Waals surface area contributed by atoms with Crippen molar-refractivity contribution in [1.82, 2.24) is 0 Å². The minimum atomic E-state index is -0.696. The van der Waals surface area contributed by atoms with Gasteiger partial charge in [-0.1, -0.05) is 13.8 Å². The molecular formula is C6H10O2. The summed E-state index contributed by atoms with van der Waals surface area (Å²) in [6.45, 7) is 8.99. The van der Waals surface area contributed by atoms with Gasteiger partial charge in [0.05, 0.1) is 13.5 Å². The standard InChI is InChI=1S/C6H10O2/c1-5(2)4-8-6(3)7/h3,5H,4H2,1-2H3. The summed E-state index contributed by atoms with van der Waals surface area (Å²) >= 11 is 0. The molecule has 0 aliphatic heterocycles. The zero-order valence-electron chi connectivity index (χ0n) is 5.18. The molecule has 0 N–H and O–H groups in total. The lowest BCUT2D eigenvalue weighted by atomic mass is 10.2. The van der Waals surface area contributed by atoms with Gasteiger partial charge >= 0.3 is 5.97 Å². The summed E-state index contributed by atoms with van der Waals surface area (Å²) < 4.78 is 4.44. The molecule has 0 spiro atoms. The monoisotopic (exact) mass is 114 g/mol. The summed E-state index contributed by atoms with van der Waals surface area (Å²) in [5.41, 5.74) is 0. The lowest BCUT2D eigenvalue weighted by Gasteiger charge is -2.02. The van der Waals surface area contributed by atoms with Crippen LogP contribution in [0.1, 0.15) is 13.8 Å². The highest BCUT2D eigenvalue weighted by Crippen LogP contribution is 1.91. The molecule has 0 atom stereocenters. The van der Waals surface area contributed by atoms with Gasteiger partial charge in [0.2, 0.25) is 0 Å². The second-order valence-electron chi connectivity index (χ2n) is 2.02. The van der Waals surface area contributed by atoms with Gasteiger partial charge in [0, 0.05) is 0 Å². The Balaban J connectivity index is 3.05. The van der Waals surface area contributed by atoms with E-state index in [0.717, 1.165) is 0 Å². The van der Waals surface area contributed by atoms with Crippen LogP contribution in [0.2, 0.25) is 0 Å². The molecule has 0 aliphatic carbocycles. The Kier molecular flexibility index (Phi) is 3.24. The second-order valence-corrected chi connectivity index (χ2v) is 2.02. The van der Waals surface area contributed by atoms with Gasteiger partial charge in [-0.3, -0.25) is 4.79 Å². The van der Waals surface area contributed by atoms with E-state index in [1.165, 1.54) is 0 Å². The van der Waals surface area contributed by atoms with Crippen molar-refractivity contribution in [2.45, 2.75) is 13.8 Å². The third kappa shape index (κ3) is 5.47. The molecule has 0 bridgehead atoms. The summed E-state index contributed by atoms with van der Waals surface area (Å²) in [5, 5.41) is 0. The van der Waals surface area contributed by atoms with Crippen LogP contribution >= 0.6 is 0 Å². The van der Waals surface area contributed by atoms with Crippen molar-refractivity contribution in [3.63, 3.8) is 0 Å². The molecule has 2 heteroatoms. The number of ether oxygens (including phenoxy) is 1. The van der Waals surface area contributed by atoms with E-state index in [-0.39, 0.29) is 0 Å². The Labute approximate surface area is 49.8 Å². The van der Waals surface area contributed by atoms with Crippen LogP contribution in [-0.4, -0.2) is 12.6 Å². The number of rotatable bonds is 2. The first-order valence-electron chi connectivity index (χ1n) is 2.55. The summed E-state index contributed by atoms with van der Waals surface area (Å²) in [4.78, 5) is 9.90. The SMILES string of the molecule is [CH]C(=O)OCC(C)C. The lowest BCUT2D eigenvalue weighted by Crippen LogP contribution is -2.05. The molecule has 0 fully saturated rings. The lowest BCUT2D eigenvalue weighted by molar-refractivity contribution is -0.139. The number of carbonyl (C=O) groups excluding carboxylic acids is 1. The summed E-state index contributed by atoms with van der Waals surface area (Å²) in [7, 11) is 0.